The predicted octanol–water partition coefficient (Wildman–Crippen LogP) is 3.48. The molecule has 0 saturated heterocycles. The molecule has 1 atom stereocenters. The average molecular weight is 310 g/mol. The van der Waals surface area contributed by atoms with Crippen molar-refractivity contribution in [3.8, 4) is 0 Å². The Bertz CT molecular complexity index is 303. The Kier molecular flexibility index (Phi) is 12.5. The molecule has 2 N–H and O–H groups in total. The highest BCUT2D eigenvalue weighted by atomic mass is 32.3. The van der Waals surface area contributed by atoms with Gasteiger partial charge in [0.25, 0.3) is 0 Å². The molecular weight excluding hydrogens is 280 g/mol. The molecule has 0 saturated carbocycles. The van der Waals surface area contributed by atoms with E-state index in [1.165, 1.54) is 44.9 Å². The van der Waals surface area contributed by atoms with Crippen LogP contribution in [0.4, 0.5) is 0 Å². The van der Waals surface area contributed by atoms with Crippen LogP contribution in [0.5, 0.6) is 0 Å². The fourth-order valence-corrected chi connectivity index (χ4v) is 2.70. The first-order valence-corrected chi connectivity index (χ1v) is 9.12. The van der Waals surface area contributed by atoms with Gasteiger partial charge in [-0.05, 0) is 6.42 Å². The van der Waals surface area contributed by atoms with Crippen LogP contribution in [0.3, 0.4) is 0 Å². The summed E-state index contributed by atoms with van der Waals surface area (Å²) in [5.41, 5.74) is 0. The van der Waals surface area contributed by atoms with E-state index in [1.807, 2.05) is 0 Å². The van der Waals surface area contributed by atoms with Gasteiger partial charge in [-0.2, -0.15) is 8.42 Å². The van der Waals surface area contributed by atoms with E-state index in [0.29, 0.717) is 6.42 Å². The Morgan fingerprint density at radius 1 is 0.900 bits per heavy atom. The van der Waals surface area contributed by atoms with Crippen LogP contribution in [0.1, 0.15) is 77.6 Å². The van der Waals surface area contributed by atoms with Crippen LogP contribution in [0.25, 0.3) is 0 Å². The second kappa shape index (κ2) is 12.6. The first-order valence-electron chi connectivity index (χ1n) is 7.76. The quantitative estimate of drug-likeness (QED) is 0.379. The maximum atomic E-state index is 10.5. The molecule has 20 heavy (non-hydrogen) atoms. The number of rotatable bonds is 14. The minimum absolute atomic E-state index is 0.392. The Hall–Kier alpha value is -0.170. The van der Waals surface area contributed by atoms with Crippen molar-refractivity contribution in [2.24, 2.45) is 0 Å². The molecular formula is C14H30O5S. The van der Waals surface area contributed by atoms with Gasteiger partial charge in [-0.25, -0.2) is 4.18 Å². The van der Waals surface area contributed by atoms with Crippen LogP contribution in [-0.4, -0.2) is 30.8 Å². The van der Waals surface area contributed by atoms with E-state index < -0.39 is 23.1 Å². The summed E-state index contributed by atoms with van der Waals surface area (Å²) in [5, 5.41) is 8.93. The standard InChI is InChI=1S/C14H30O5S/c1-2-3-4-5-6-7-8-9-10-11-12-14(13-15)19-20(16,17)18/h14-15H,2-13H2,1H3,(H,16,17,18). The molecule has 0 aliphatic carbocycles. The molecule has 0 spiro atoms. The van der Waals surface area contributed by atoms with E-state index >= 15 is 0 Å². The first kappa shape index (κ1) is 19.8. The molecule has 0 aromatic carbocycles. The lowest BCUT2D eigenvalue weighted by Crippen LogP contribution is -2.21. The summed E-state index contributed by atoms with van der Waals surface area (Å²) in [6.45, 7) is 1.82. The maximum Gasteiger partial charge on any atom is 0.397 e. The van der Waals surface area contributed by atoms with Crippen LogP contribution in [-0.2, 0) is 14.6 Å². The van der Waals surface area contributed by atoms with E-state index in [4.69, 9.17) is 9.66 Å². The molecule has 0 amide bonds. The Labute approximate surface area is 123 Å². The molecule has 0 rings (SSSR count). The van der Waals surface area contributed by atoms with Crippen molar-refractivity contribution >= 4 is 10.4 Å². The van der Waals surface area contributed by atoms with Gasteiger partial charge in [0.05, 0.1) is 6.61 Å². The van der Waals surface area contributed by atoms with Gasteiger partial charge in [-0.15, -0.1) is 0 Å². The molecule has 0 aromatic rings. The molecule has 0 aliphatic rings. The van der Waals surface area contributed by atoms with Crippen molar-refractivity contribution in [3.05, 3.63) is 0 Å². The van der Waals surface area contributed by atoms with E-state index in [-0.39, 0.29) is 0 Å². The normalized spacial score (nSPS) is 13.6. The molecule has 0 aliphatic heterocycles. The number of hydrogen-bond acceptors (Lipinski definition) is 4. The highest BCUT2D eigenvalue weighted by molar-refractivity contribution is 7.80. The van der Waals surface area contributed by atoms with E-state index in [0.717, 1.165) is 19.3 Å². The van der Waals surface area contributed by atoms with Gasteiger partial charge < -0.3 is 5.11 Å². The SMILES string of the molecule is CCCCCCCCCCCCC(CO)OS(=O)(=O)O. The first-order chi connectivity index (χ1) is 9.49. The average Bonchev–Trinajstić information content (AvgIpc) is 2.38. The molecule has 0 bridgehead atoms. The lowest BCUT2D eigenvalue weighted by atomic mass is 10.0. The topological polar surface area (TPSA) is 83.8 Å². The Balaban J connectivity index is 3.38. The molecule has 0 aromatic heterocycles. The zero-order valence-electron chi connectivity index (χ0n) is 12.6. The summed E-state index contributed by atoms with van der Waals surface area (Å²) < 4.78 is 33.9. The number of unbranched alkanes of at least 4 members (excludes halogenated alkanes) is 9. The third kappa shape index (κ3) is 14.2. The molecule has 6 heteroatoms. The van der Waals surface area contributed by atoms with Crippen molar-refractivity contribution in [1.82, 2.24) is 0 Å². The van der Waals surface area contributed by atoms with Crippen LogP contribution in [0.2, 0.25) is 0 Å². The Morgan fingerprint density at radius 3 is 1.75 bits per heavy atom. The third-order valence-corrected chi connectivity index (χ3v) is 3.86. The molecule has 0 fully saturated rings. The van der Waals surface area contributed by atoms with E-state index in [2.05, 4.69) is 11.1 Å². The smallest absolute Gasteiger partial charge is 0.394 e. The number of aliphatic hydroxyl groups excluding tert-OH is 1. The van der Waals surface area contributed by atoms with Gasteiger partial charge in [0, 0.05) is 0 Å². The molecule has 0 heterocycles. The van der Waals surface area contributed by atoms with Crippen molar-refractivity contribution in [3.63, 3.8) is 0 Å². The summed E-state index contributed by atoms with van der Waals surface area (Å²) in [6, 6.07) is 0. The van der Waals surface area contributed by atoms with Gasteiger partial charge in [-0.3, -0.25) is 4.55 Å². The van der Waals surface area contributed by atoms with Crippen molar-refractivity contribution in [1.29, 1.82) is 0 Å². The summed E-state index contributed by atoms with van der Waals surface area (Å²) in [7, 11) is -4.46. The second-order valence-electron chi connectivity index (χ2n) is 5.30. The van der Waals surface area contributed by atoms with Crippen LogP contribution >= 0.6 is 0 Å². The second-order valence-corrected chi connectivity index (χ2v) is 6.35. The molecule has 122 valence electrons. The lowest BCUT2D eigenvalue weighted by Gasteiger charge is -2.12. The minimum atomic E-state index is -4.46. The van der Waals surface area contributed by atoms with Crippen molar-refractivity contribution in [2.75, 3.05) is 6.61 Å². The zero-order valence-corrected chi connectivity index (χ0v) is 13.4. The van der Waals surface area contributed by atoms with E-state index in [1.54, 1.807) is 0 Å². The fraction of sp³-hybridized carbons (Fsp3) is 1.00. The van der Waals surface area contributed by atoms with Crippen molar-refractivity contribution in [2.45, 2.75) is 83.7 Å². The van der Waals surface area contributed by atoms with Gasteiger partial charge >= 0.3 is 10.4 Å². The van der Waals surface area contributed by atoms with Gasteiger partial charge in [-0.1, -0.05) is 71.1 Å². The fourth-order valence-electron chi connectivity index (χ4n) is 2.20. The van der Waals surface area contributed by atoms with Gasteiger partial charge in [0.15, 0.2) is 0 Å². The summed E-state index contributed by atoms with van der Waals surface area (Å²) >= 11 is 0. The summed E-state index contributed by atoms with van der Waals surface area (Å²) in [6.07, 6.45) is 11.6. The Morgan fingerprint density at radius 2 is 1.35 bits per heavy atom. The van der Waals surface area contributed by atoms with Gasteiger partial charge in [0.2, 0.25) is 0 Å². The van der Waals surface area contributed by atoms with Crippen LogP contribution in [0, 0.1) is 0 Å². The highest BCUT2D eigenvalue weighted by Gasteiger charge is 2.15. The summed E-state index contributed by atoms with van der Waals surface area (Å²) in [5.74, 6) is 0. The lowest BCUT2D eigenvalue weighted by molar-refractivity contribution is 0.0990. The van der Waals surface area contributed by atoms with E-state index in [9.17, 15) is 8.42 Å². The molecule has 0 radical (unpaired) electrons. The molecule has 5 nitrogen and oxygen atoms in total. The van der Waals surface area contributed by atoms with Crippen LogP contribution < -0.4 is 0 Å². The highest BCUT2D eigenvalue weighted by Crippen LogP contribution is 2.13. The summed E-state index contributed by atoms with van der Waals surface area (Å²) in [4.78, 5) is 0. The monoisotopic (exact) mass is 310 g/mol. The van der Waals surface area contributed by atoms with Gasteiger partial charge in [0.1, 0.15) is 6.10 Å². The third-order valence-electron chi connectivity index (χ3n) is 3.34. The number of hydrogen-bond donors (Lipinski definition) is 2. The van der Waals surface area contributed by atoms with Crippen LogP contribution in [0.15, 0.2) is 0 Å². The molecule has 1 unspecified atom stereocenters. The largest absolute Gasteiger partial charge is 0.397 e. The predicted molar refractivity (Wildman–Crippen MR) is 80.0 cm³/mol. The zero-order chi connectivity index (χ0) is 15.3. The van der Waals surface area contributed by atoms with Crippen molar-refractivity contribution < 1.29 is 22.3 Å². The maximum absolute atomic E-state index is 10.5. The number of aliphatic hydroxyl groups is 1. The minimum Gasteiger partial charge on any atom is -0.394 e.